The molecule has 2 heterocycles. The summed E-state index contributed by atoms with van der Waals surface area (Å²) >= 11 is 1.70. The molecule has 2 unspecified atom stereocenters. The molecule has 2 rings (SSSR count). The van der Waals surface area contributed by atoms with Gasteiger partial charge in [-0.3, -0.25) is 4.40 Å². The lowest BCUT2D eigenvalue weighted by atomic mass is 9.82. The molecule has 0 aromatic carbocycles. The first-order valence-electron chi connectivity index (χ1n) is 8.02. The van der Waals surface area contributed by atoms with E-state index in [1.54, 1.807) is 11.3 Å². The average Bonchev–Trinajstić information content (AvgIpc) is 2.86. The molecule has 1 N–H and O–H groups in total. The monoisotopic (exact) mass is 307 g/mol. The summed E-state index contributed by atoms with van der Waals surface area (Å²) in [7, 11) is 0. The van der Waals surface area contributed by atoms with Crippen molar-refractivity contribution < 1.29 is 0 Å². The van der Waals surface area contributed by atoms with Gasteiger partial charge >= 0.3 is 0 Å². The quantitative estimate of drug-likeness (QED) is 0.822. The maximum atomic E-state index is 4.72. The van der Waals surface area contributed by atoms with Gasteiger partial charge < -0.3 is 5.32 Å². The molecule has 0 fully saturated rings. The Balaban J connectivity index is 1.96. The van der Waals surface area contributed by atoms with Crippen LogP contribution < -0.4 is 5.32 Å². The van der Waals surface area contributed by atoms with Crippen molar-refractivity contribution in [1.82, 2.24) is 14.7 Å². The van der Waals surface area contributed by atoms with Gasteiger partial charge in [-0.25, -0.2) is 4.98 Å². The Bertz CT molecular complexity index is 521. The van der Waals surface area contributed by atoms with Gasteiger partial charge in [-0.1, -0.05) is 34.6 Å². The normalized spacial score (nSPS) is 15.5. The van der Waals surface area contributed by atoms with Crippen LogP contribution in [0.4, 0.5) is 0 Å². The molecule has 0 bridgehead atoms. The fourth-order valence-electron chi connectivity index (χ4n) is 3.27. The second-order valence-electron chi connectivity index (χ2n) is 7.39. The molecule has 2 atom stereocenters. The van der Waals surface area contributed by atoms with Crippen LogP contribution in [0.3, 0.4) is 0 Å². The number of aromatic nitrogens is 2. The Kier molecular flexibility index (Phi) is 5.44. The van der Waals surface area contributed by atoms with E-state index in [9.17, 15) is 0 Å². The summed E-state index contributed by atoms with van der Waals surface area (Å²) in [6.45, 7) is 12.6. The van der Waals surface area contributed by atoms with Crippen LogP contribution in [0.25, 0.3) is 4.96 Å². The molecule has 0 saturated heterocycles. The third kappa shape index (κ3) is 5.11. The maximum Gasteiger partial charge on any atom is 0.193 e. The first-order valence-corrected chi connectivity index (χ1v) is 8.90. The van der Waals surface area contributed by atoms with E-state index in [0.717, 1.165) is 23.8 Å². The van der Waals surface area contributed by atoms with Gasteiger partial charge in [-0.15, -0.1) is 11.3 Å². The number of hydrogen-bond acceptors (Lipinski definition) is 3. The largest absolute Gasteiger partial charge is 0.314 e. The summed E-state index contributed by atoms with van der Waals surface area (Å²) in [5.74, 6) is 0.734. The van der Waals surface area contributed by atoms with Gasteiger partial charge in [0.1, 0.15) is 0 Å². The lowest BCUT2D eigenvalue weighted by Gasteiger charge is -2.27. The molecule has 0 aliphatic heterocycles. The van der Waals surface area contributed by atoms with E-state index in [0.29, 0.717) is 11.5 Å². The van der Waals surface area contributed by atoms with E-state index in [1.807, 2.05) is 0 Å². The van der Waals surface area contributed by atoms with E-state index >= 15 is 0 Å². The number of imidazole rings is 1. The number of nitrogens with zero attached hydrogens (tertiary/aromatic N) is 2. The molecule has 2 aromatic rings. The lowest BCUT2D eigenvalue weighted by Crippen LogP contribution is -2.33. The van der Waals surface area contributed by atoms with Crippen molar-refractivity contribution in [3.63, 3.8) is 0 Å². The van der Waals surface area contributed by atoms with Crippen LogP contribution in [0.2, 0.25) is 0 Å². The van der Waals surface area contributed by atoms with Crippen LogP contribution in [0.15, 0.2) is 17.8 Å². The van der Waals surface area contributed by atoms with Gasteiger partial charge in [-0.05, 0) is 30.7 Å². The second-order valence-corrected chi connectivity index (χ2v) is 8.26. The van der Waals surface area contributed by atoms with Gasteiger partial charge in [0, 0.05) is 30.2 Å². The van der Waals surface area contributed by atoms with E-state index in [-0.39, 0.29) is 0 Å². The highest BCUT2D eigenvalue weighted by Gasteiger charge is 2.19. The average molecular weight is 308 g/mol. The Labute approximate surface area is 132 Å². The maximum absolute atomic E-state index is 4.72. The van der Waals surface area contributed by atoms with Crippen molar-refractivity contribution in [2.45, 2.75) is 59.9 Å². The first-order chi connectivity index (χ1) is 9.87. The highest BCUT2D eigenvalue weighted by molar-refractivity contribution is 7.15. The molecular weight excluding hydrogens is 278 g/mol. The van der Waals surface area contributed by atoms with Crippen LogP contribution >= 0.6 is 11.3 Å². The zero-order valence-corrected chi connectivity index (χ0v) is 14.8. The van der Waals surface area contributed by atoms with E-state index in [4.69, 9.17) is 4.98 Å². The Hall–Kier alpha value is -0.870. The molecule has 0 aliphatic rings. The van der Waals surface area contributed by atoms with E-state index in [1.165, 1.54) is 18.5 Å². The number of hydrogen-bond donors (Lipinski definition) is 1. The Morgan fingerprint density at radius 2 is 2.14 bits per heavy atom. The Morgan fingerprint density at radius 3 is 2.76 bits per heavy atom. The zero-order valence-electron chi connectivity index (χ0n) is 14.0. The first kappa shape index (κ1) is 16.5. The minimum Gasteiger partial charge on any atom is -0.314 e. The highest BCUT2D eigenvalue weighted by atomic mass is 32.1. The smallest absolute Gasteiger partial charge is 0.193 e. The van der Waals surface area contributed by atoms with Crippen LogP contribution in [-0.4, -0.2) is 22.0 Å². The van der Waals surface area contributed by atoms with Crippen molar-refractivity contribution >= 4 is 16.3 Å². The molecule has 21 heavy (non-hydrogen) atoms. The van der Waals surface area contributed by atoms with Crippen LogP contribution in [0, 0.1) is 11.3 Å². The summed E-state index contributed by atoms with van der Waals surface area (Å²) in [6, 6.07) is 0.525. The van der Waals surface area contributed by atoms with Crippen molar-refractivity contribution in [2.75, 3.05) is 6.54 Å². The van der Waals surface area contributed by atoms with Crippen molar-refractivity contribution in [1.29, 1.82) is 0 Å². The minimum atomic E-state index is 0.410. The van der Waals surface area contributed by atoms with Gasteiger partial charge in [0.2, 0.25) is 0 Å². The van der Waals surface area contributed by atoms with Crippen molar-refractivity contribution in [3.8, 4) is 0 Å². The fourth-order valence-corrected chi connectivity index (χ4v) is 3.99. The van der Waals surface area contributed by atoms with E-state index < -0.39 is 0 Å². The number of likely N-dealkylation sites (N-methyl/N-ethyl adjacent to an activating group) is 1. The van der Waals surface area contributed by atoms with E-state index in [2.05, 4.69) is 62.1 Å². The molecule has 0 amide bonds. The predicted molar refractivity (Wildman–Crippen MR) is 92.1 cm³/mol. The molecule has 0 aliphatic carbocycles. The number of rotatable bonds is 7. The summed E-state index contributed by atoms with van der Waals surface area (Å²) in [4.78, 5) is 5.82. The molecule has 0 spiro atoms. The third-order valence-electron chi connectivity index (χ3n) is 3.74. The van der Waals surface area contributed by atoms with Gasteiger partial charge in [0.25, 0.3) is 0 Å². The molecule has 2 aromatic heterocycles. The Morgan fingerprint density at radius 1 is 1.38 bits per heavy atom. The topological polar surface area (TPSA) is 29.3 Å². The van der Waals surface area contributed by atoms with Crippen LogP contribution in [-0.2, 0) is 6.42 Å². The molecule has 118 valence electrons. The summed E-state index contributed by atoms with van der Waals surface area (Å²) < 4.78 is 2.13. The SMILES string of the molecule is CCNC(Cc1cn2ccsc2n1)CC(C)CC(C)(C)C. The second kappa shape index (κ2) is 6.93. The van der Waals surface area contributed by atoms with Crippen LogP contribution in [0.5, 0.6) is 0 Å². The van der Waals surface area contributed by atoms with Crippen molar-refractivity contribution in [2.24, 2.45) is 11.3 Å². The summed E-state index contributed by atoms with van der Waals surface area (Å²) in [6.07, 6.45) is 7.77. The lowest BCUT2D eigenvalue weighted by molar-refractivity contribution is 0.274. The standard InChI is InChI=1S/C17H29N3S/c1-6-18-14(9-13(2)11-17(3,4)5)10-15-12-20-7-8-21-16(20)19-15/h7-8,12-14,18H,6,9-11H2,1-5H3. The molecule has 4 heteroatoms. The zero-order chi connectivity index (χ0) is 15.5. The van der Waals surface area contributed by atoms with Crippen molar-refractivity contribution in [3.05, 3.63) is 23.5 Å². The molecule has 3 nitrogen and oxygen atoms in total. The molecule has 0 radical (unpaired) electrons. The minimum absolute atomic E-state index is 0.410. The fraction of sp³-hybridized carbons (Fsp3) is 0.706. The van der Waals surface area contributed by atoms with Crippen LogP contribution in [0.1, 0.15) is 53.2 Å². The van der Waals surface area contributed by atoms with Gasteiger partial charge in [0.15, 0.2) is 4.96 Å². The summed E-state index contributed by atoms with van der Waals surface area (Å²) in [5, 5.41) is 5.72. The van der Waals surface area contributed by atoms with Gasteiger partial charge in [0.05, 0.1) is 5.69 Å². The number of fused-ring (bicyclic) bond motifs is 1. The number of thiazole rings is 1. The summed E-state index contributed by atoms with van der Waals surface area (Å²) in [5.41, 5.74) is 1.61. The molecule has 0 saturated carbocycles. The predicted octanol–water partition coefficient (Wildman–Crippen LogP) is 4.38. The third-order valence-corrected chi connectivity index (χ3v) is 4.51. The number of nitrogens with one attached hydrogen (secondary N) is 1. The highest BCUT2D eigenvalue weighted by Crippen LogP contribution is 2.27. The van der Waals surface area contributed by atoms with Gasteiger partial charge in [-0.2, -0.15) is 0 Å². The molecular formula is C17H29N3S.